The van der Waals surface area contributed by atoms with Crippen molar-refractivity contribution in [1.29, 1.82) is 0 Å². The van der Waals surface area contributed by atoms with Gasteiger partial charge in [0.05, 0.1) is 13.1 Å². The van der Waals surface area contributed by atoms with E-state index in [1.807, 2.05) is 0 Å². The number of rotatable bonds is 2. The van der Waals surface area contributed by atoms with Crippen LogP contribution in [0.3, 0.4) is 0 Å². The summed E-state index contributed by atoms with van der Waals surface area (Å²) in [5, 5.41) is 15.2. The van der Waals surface area contributed by atoms with Crippen molar-refractivity contribution < 1.29 is 19.8 Å². The Hall–Kier alpha value is -0.374. The first kappa shape index (κ1) is 16.9. The Bertz CT molecular complexity index is 105. The number of hydrogen-bond donors (Lipinski definition) is 4. The average Bonchev–Trinajstić information content (AvgIpc) is 1.89. The van der Waals surface area contributed by atoms with Gasteiger partial charge in [0.2, 0.25) is 0 Å². The van der Waals surface area contributed by atoms with Crippen molar-refractivity contribution in [2.24, 2.45) is 11.5 Å². The minimum Gasteiger partial charge on any atom is -0.480 e. The molecule has 7 heteroatoms. The van der Waals surface area contributed by atoms with Gasteiger partial charge in [0.1, 0.15) is 0 Å². The van der Waals surface area contributed by atoms with E-state index in [-0.39, 0.29) is 36.1 Å². The lowest BCUT2D eigenvalue weighted by Crippen LogP contribution is -2.10. The van der Waals surface area contributed by atoms with Gasteiger partial charge in [-0.25, -0.2) is 0 Å². The zero-order valence-electron chi connectivity index (χ0n) is 5.99. The van der Waals surface area contributed by atoms with Crippen molar-refractivity contribution in [2.75, 3.05) is 13.1 Å². The summed E-state index contributed by atoms with van der Waals surface area (Å²) in [5.74, 6) is -1.94. The molecule has 0 aliphatic heterocycles. The zero-order chi connectivity index (χ0) is 8.57. The lowest BCUT2D eigenvalue weighted by Gasteiger charge is -1.73. The summed E-state index contributed by atoms with van der Waals surface area (Å²) in [5.41, 5.74) is 9.14. The normalized spacial score (nSPS) is 6.73. The summed E-state index contributed by atoms with van der Waals surface area (Å²) >= 11 is 0. The van der Waals surface area contributed by atoms with Gasteiger partial charge in [-0.2, -0.15) is 0 Å². The molecule has 0 saturated heterocycles. The molecule has 11 heavy (non-hydrogen) atoms. The summed E-state index contributed by atoms with van der Waals surface area (Å²) in [6.45, 7) is -0.556. The molecule has 0 saturated carbocycles. The summed E-state index contributed by atoms with van der Waals surface area (Å²) < 4.78 is 0. The third-order valence-electron chi connectivity index (χ3n) is 0.349. The Morgan fingerprint density at radius 3 is 1.09 bits per heavy atom. The molecule has 0 amide bonds. The molecule has 0 spiro atoms. The van der Waals surface area contributed by atoms with Gasteiger partial charge in [-0.3, -0.25) is 9.59 Å². The maximum absolute atomic E-state index is 9.24. The molecule has 0 aromatic heterocycles. The van der Waals surface area contributed by atoms with E-state index in [1.54, 1.807) is 0 Å². The van der Waals surface area contributed by atoms with E-state index < -0.39 is 11.9 Å². The van der Waals surface area contributed by atoms with Crippen LogP contribution >= 0.6 is 0 Å². The van der Waals surface area contributed by atoms with Crippen molar-refractivity contribution >= 4 is 35.0 Å². The van der Waals surface area contributed by atoms with Crippen molar-refractivity contribution in [3.8, 4) is 0 Å². The highest BCUT2D eigenvalue weighted by atomic mass is 24.3. The minimum absolute atomic E-state index is 0. The van der Waals surface area contributed by atoms with Crippen LogP contribution in [-0.2, 0) is 9.59 Å². The minimum atomic E-state index is -0.968. The van der Waals surface area contributed by atoms with Gasteiger partial charge in [-0.15, -0.1) is 0 Å². The highest BCUT2D eigenvalue weighted by molar-refractivity contribution is 5.75. The third-order valence-corrected chi connectivity index (χ3v) is 0.349. The molecule has 6 N–H and O–H groups in total. The second-order valence-electron chi connectivity index (χ2n) is 1.20. The lowest BCUT2D eigenvalue weighted by atomic mass is 10.7. The predicted octanol–water partition coefficient (Wildman–Crippen LogP) is -2.32. The highest BCUT2D eigenvalue weighted by Gasteiger charge is 1.81. The topological polar surface area (TPSA) is 127 Å². The molecule has 0 aromatic rings. The van der Waals surface area contributed by atoms with E-state index in [0.717, 1.165) is 0 Å². The molecule has 0 aliphatic rings. The third kappa shape index (κ3) is 42.6. The fraction of sp³-hybridized carbons (Fsp3) is 0.500. The first-order valence-corrected chi connectivity index (χ1v) is 2.38. The Kier molecular flexibility index (Phi) is 19.0. The van der Waals surface area contributed by atoms with E-state index in [2.05, 4.69) is 11.5 Å². The Morgan fingerprint density at radius 1 is 1.00 bits per heavy atom. The van der Waals surface area contributed by atoms with Crippen LogP contribution in [0.25, 0.3) is 0 Å². The van der Waals surface area contributed by atoms with Crippen molar-refractivity contribution in [3.05, 3.63) is 0 Å². The molecule has 62 valence electrons. The molecule has 2 radical (unpaired) electrons. The highest BCUT2D eigenvalue weighted by Crippen LogP contribution is 1.44. The van der Waals surface area contributed by atoms with Gasteiger partial charge in [-0.1, -0.05) is 0 Å². The average molecular weight is 174 g/mol. The summed E-state index contributed by atoms with van der Waals surface area (Å²) in [6, 6.07) is 0. The number of carbonyl (C=O) groups is 2. The van der Waals surface area contributed by atoms with Crippen molar-refractivity contribution in [3.63, 3.8) is 0 Å². The fourth-order valence-electron chi connectivity index (χ4n) is 0. The SMILES string of the molecule is NCC(=O)O.NCC(=O)O.[Mg]. The van der Waals surface area contributed by atoms with E-state index >= 15 is 0 Å². The first-order valence-electron chi connectivity index (χ1n) is 2.38. The molecule has 0 heterocycles. The van der Waals surface area contributed by atoms with E-state index in [4.69, 9.17) is 10.2 Å². The Balaban J connectivity index is -0.000000107. The van der Waals surface area contributed by atoms with Gasteiger partial charge < -0.3 is 21.7 Å². The van der Waals surface area contributed by atoms with Crippen LogP contribution in [0.2, 0.25) is 0 Å². The second-order valence-corrected chi connectivity index (χ2v) is 1.20. The van der Waals surface area contributed by atoms with Crippen LogP contribution in [0.4, 0.5) is 0 Å². The van der Waals surface area contributed by atoms with Gasteiger partial charge in [-0.05, 0) is 0 Å². The van der Waals surface area contributed by atoms with Crippen molar-refractivity contribution in [2.45, 2.75) is 0 Å². The van der Waals surface area contributed by atoms with Gasteiger partial charge in [0.25, 0.3) is 0 Å². The number of carboxylic acid groups (broad SMARTS) is 2. The van der Waals surface area contributed by atoms with E-state index in [0.29, 0.717) is 0 Å². The second kappa shape index (κ2) is 12.3. The Morgan fingerprint density at radius 2 is 1.09 bits per heavy atom. The van der Waals surface area contributed by atoms with Crippen molar-refractivity contribution in [1.82, 2.24) is 0 Å². The molecule has 0 aromatic carbocycles. The number of nitrogens with two attached hydrogens (primary N) is 2. The Labute approximate surface area is 79.7 Å². The lowest BCUT2D eigenvalue weighted by molar-refractivity contribution is -0.136. The van der Waals surface area contributed by atoms with E-state index in [9.17, 15) is 9.59 Å². The molecule has 0 unspecified atom stereocenters. The standard InChI is InChI=1S/2C2H5NO2.Mg/c2*3-1-2(4)5;/h2*1,3H2,(H,4,5);. The molecular weight excluding hydrogens is 164 g/mol. The molecule has 6 nitrogen and oxygen atoms in total. The van der Waals surface area contributed by atoms with Gasteiger partial charge in [0.15, 0.2) is 0 Å². The van der Waals surface area contributed by atoms with Crippen LogP contribution in [0, 0.1) is 0 Å². The molecule has 0 aliphatic carbocycles. The smallest absolute Gasteiger partial charge is 0.317 e. The zero-order valence-corrected chi connectivity index (χ0v) is 7.40. The van der Waals surface area contributed by atoms with Crippen LogP contribution in [-0.4, -0.2) is 58.3 Å². The van der Waals surface area contributed by atoms with Gasteiger partial charge >= 0.3 is 11.9 Å². The molecular formula is C4H10MgN2O4. The van der Waals surface area contributed by atoms with Crippen LogP contribution in [0.15, 0.2) is 0 Å². The van der Waals surface area contributed by atoms with Crippen LogP contribution in [0.5, 0.6) is 0 Å². The molecule has 0 bridgehead atoms. The number of hydrogen-bond acceptors (Lipinski definition) is 4. The molecule has 0 rings (SSSR count). The summed E-state index contributed by atoms with van der Waals surface area (Å²) in [6.07, 6.45) is 0. The molecule has 0 atom stereocenters. The van der Waals surface area contributed by atoms with Crippen LogP contribution in [0.1, 0.15) is 0 Å². The quantitative estimate of drug-likeness (QED) is 0.348. The summed E-state index contributed by atoms with van der Waals surface area (Å²) in [4.78, 5) is 18.5. The monoisotopic (exact) mass is 174 g/mol. The predicted molar refractivity (Wildman–Crippen MR) is 39.1 cm³/mol. The number of carboxylic acids is 2. The summed E-state index contributed by atoms with van der Waals surface area (Å²) in [7, 11) is 0. The fourth-order valence-corrected chi connectivity index (χ4v) is 0. The molecule has 0 fully saturated rings. The van der Waals surface area contributed by atoms with Crippen LogP contribution < -0.4 is 11.5 Å². The first-order chi connectivity index (χ1) is 4.54. The largest absolute Gasteiger partial charge is 0.480 e. The van der Waals surface area contributed by atoms with E-state index in [1.165, 1.54) is 0 Å². The number of aliphatic carboxylic acids is 2. The van der Waals surface area contributed by atoms with Gasteiger partial charge in [0, 0.05) is 23.1 Å². The maximum atomic E-state index is 9.24. The maximum Gasteiger partial charge on any atom is 0.317 e.